The molecule has 88 valence electrons. The van der Waals surface area contributed by atoms with Crippen LogP contribution in [0.4, 0.5) is 0 Å². The van der Waals surface area contributed by atoms with Gasteiger partial charge in [0.2, 0.25) is 0 Å². The molecule has 0 unspecified atom stereocenters. The minimum Gasteiger partial charge on any atom is -0.493 e. The first-order valence-corrected chi connectivity index (χ1v) is 5.41. The van der Waals surface area contributed by atoms with E-state index >= 15 is 0 Å². The molecule has 0 aromatic heterocycles. The average molecular weight is 224 g/mol. The van der Waals surface area contributed by atoms with Crippen LogP contribution in [0.2, 0.25) is 0 Å². The van der Waals surface area contributed by atoms with Crippen LogP contribution in [0.1, 0.15) is 6.42 Å². The Morgan fingerprint density at radius 2 is 1.94 bits per heavy atom. The van der Waals surface area contributed by atoms with E-state index in [2.05, 4.69) is 0 Å². The molecule has 0 saturated carbocycles. The maximum atomic E-state index is 5.56. The predicted molar refractivity (Wildman–Crippen MR) is 59.4 cm³/mol. The Morgan fingerprint density at radius 1 is 1.12 bits per heavy atom. The Balaban J connectivity index is 1.90. The Morgan fingerprint density at radius 3 is 2.75 bits per heavy atom. The van der Waals surface area contributed by atoms with Crippen LogP contribution in [0.5, 0.6) is 17.2 Å². The van der Waals surface area contributed by atoms with Crippen molar-refractivity contribution in [2.45, 2.75) is 6.42 Å². The second kappa shape index (κ2) is 5.61. The van der Waals surface area contributed by atoms with Crippen molar-refractivity contribution in [3.05, 3.63) is 18.2 Å². The van der Waals surface area contributed by atoms with Gasteiger partial charge in [-0.05, 0) is 12.1 Å². The molecule has 1 aliphatic heterocycles. The Kier molecular flexibility index (Phi) is 3.88. The van der Waals surface area contributed by atoms with Crippen molar-refractivity contribution in [1.29, 1.82) is 0 Å². The van der Waals surface area contributed by atoms with E-state index in [1.54, 1.807) is 7.11 Å². The molecule has 0 amide bonds. The lowest BCUT2D eigenvalue weighted by molar-refractivity contribution is 0.166. The maximum absolute atomic E-state index is 5.56. The summed E-state index contributed by atoms with van der Waals surface area (Å²) in [6, 6.07) is 5.63. The molecule has 1 aliphatic rings. The molecule has 2 rings (SSSR count). The van der Waals surface area contributed by atoms with Crippen molar-refractivity contribution < 1.29 is 18.9 Å². The van der Waals surface area contributed by atoms with Crippen LogP contribution in [-0.4, -0.2) is 33.5 Å². The van der Waals surface area contributed by atoms with Gasteiger partial charge in [0.25, 0.3) is 0 Å². The van der Waals surface area contributed by atoms with Gasteiger partial charge in [-0.15, -0.1) is 0 Å². The average Bonchev–Trinajstić information content (AvgIpc) is 2.34. The van der Waals surface area contributed by atoms with Crippen LogP contribution in [0.25, 0.3) is 0 Å². The number of fused-ring (bicyclic) bond motifs is 1. The molecule has 0 radical (unpaired) electrons. The van der Waals surface area contributed by atoms with Crippen LogP contribution in [0.15, 0.2) is 18.2 Å². The van der Waals surface area contributed by atoms with Gasteiger partial charge in [0.15, 0.2) is 11.5 Å². The van der Waals surface area contributed by atoms with Crippen LogP contribution in [0.3, 0.4) is 0 Å². The second-order valence-electron chi connectivity index (χ2n) is 3.50. The summed E-state index contributed by atoms with van der Waals surface area (Å²) in [6.07, 6.45) is 0.880. The molecule has 4 nitrogen and oxygen atoms in total. The molecule has 0 fully saturated rings. The number of ether oxygens (including phenoxy) is 4. The predicted octanol–water partition coefficient (Wildman–Crippen LogP) is 1.87. The van der Waals surface area contributed by atoms with Gasteiger partial charge in [-0.3, -0.25) is 0 Å². The molecule has 0 aliphatic carbocycles. The van der Waals surface area contributed by atoms with E-state index in [9.17, 15) is 0 Å². The second-order valence-corrected chi connectivity index (χ2v) is 3.50. The van der Waals surface area contributed by atoms with E-state index in [0.29, 0.717) is 26.4 Å². The zero-order chi connectivity index (χ0) is 11.2. The van der Waals surface area contributed by atoms with Gasteiger partial charge >= 0.3 is 0 Å². The highest BCUT2D eigenvalue weighted by atomic mass is 16.6. The molecule has 1 heterocycles. The number of methoxy groups -OCH3 is 1. The van der Waals surface area contributed by atoms with Crippen molar-refractivity contribution in [1.82, 2.24) is 0 Å². The highest BCUT2D eigenvalue weighted by molar-refractivity contribution is 5.46. The molecule has 4 heteroatoms. The zero-order valence-corrected chi connectivity index (χ0v) is 9.40. The molecule has 1 aromatic carbocycles. The topological polar surface area (TPSA) is 36.9 Å². The van der Waals surface area contributed by atoms with Gasteiger partial charge in [-0.1, -0.05) is 0 Å². The monoisotopic (exact) mass is 224 g/mol. The molecule has 0 spiro atoms. The summed E-state index contributed by atoms with van der Waals surface area (Å²) in [5.41, 5.74) is 0. The minimum atomic E-state index is 0.597. The summed E-state index contributed by atoms with van der Waals surface area (Å²) in [7, 11) is 1.68. The normalized spacial score (nSPS) is 13.6. The third kappa shape index (κ3) is 2.79. The first-order valence-electron chi connectivity index (χ1n) is 5.41. The largest absolute Gasteiger partial charge is 0.493 e. The van der Waals surface area contributed by atoms with E-state index < -0.39 is 0 Å². The number of rotatable bonds is 5. The Bertz CT molecular complexity index is 338. The van der Waals surface area contributed by atoms with Crippen molar-refractivity contribution in [3.8, 4) is 17.2 Å². The zero-order valence-electron chi connectivity index (χ0n) is 9.40. The molecule has 0 bridgehead atoms. The number of hydrogen-bond donors (Lipinski definition) is 0. The van der Waals surface area contributed by atoms with Gasteiger partial charge in [0.05, 0.1) is 6.61 Å². The fourth-order valence-electron chi connectivity index (χ4n) is 1.51. The van der Waals surface area contributed by atoms with Crippen molar-refractivity contribution >= 4 is 0 Å². The van der Waals surface area contributed by atoms with Crippen LogP contribution < -0.4 is 14.2 Å². The highest BCUT2D eigenvalue weighted by Crippen LogP contribution is 2.33. The summed E-state index contributed by atoms with van der Waals surface area (Å²) < 4.78 is 21.4. The third-order valence-corrected chi connectivity index (χ3v) is 2.28. The molecule has 0 saturated heterocycles. The Labute approximate surface area is 95.1 Å². The van der Waals surface area contributed by atoms with Gasteiger partial charge < -0.3 is 18.9 Å². The van der Waals surface area contributed by atoms with E-state index in [0.717, 1.165) is 23.7 Å². The van der Waals surface area contributed by atoms with E-state index in [1.807, 2.05) is 18.2 Å². The lowest BCUT2D eigenvalue weighted by Crippen LogP contribution is -2.15. The van der Waals surface area contributed by atoms with E-state index in [1.165, 1.54) is 0 Å². The standard InChI is InChI=1S/C12H16O4/c1-13-5-2-6-14-10-3-4-11-12(9-10)16-8-7-15-11/h3-4,9H,2,5-8H2,1H3. The van der Waals surface area contributed by atoms with Crippen molar-refractivity contribution in [3.63, 3.8) is 0 Å². The van der Waals surface area contributed by atoms with E-state index in [4.69, 9.17) is 18.9 Å². The fourth-order valence-corrected chi connectivity index (χ4v) is 1.51. The first-order chi connectivity index (χ1) is 7.90. The van der Waals surface area contributed by atoms with E-state index in [-0.39, 0.29) is 0 Å². The molecule has 0 atom stereocenters. The highest BCUT2D eigenvalue weighted by Gasteiger charge is 2.11. The fraction of sp³-hybridized carbons (Fsp3) is 0.500. The van der Waals surface area contributed by atoms with Gasteiger partial charge in [0.1, 0.15) is 19.0 Å². The smallest absolute Gasteiger partial charge is 0.165 e. The summed E-state index contributed by atoms with van der Waals surface area (Å²) >= 11 is 0. The maximum Gasteiger partial charge on any atom is 0.165 e. The third-order valence-electron chi connectivity index (χ3n) is 2.28. The number of benzene rings is 1. The number of hydrogen-bond acceptors (Lipinski definition) is 4. The van der Waals surface area contributed by atoms with Crippen LogP contribution in [0, 0.1) is 0 Å². The van der Waals surface area contributed by atoms with Crippen LogP contribution >= 0.6 is 0 Å². The molecular formula is C12H16O4. The molecule has 16 heavy (non-hydrogen) atoms. The molecule has 1 aromatic rings. The van der Waals surface area contributed by atoms with Crippen molar-refractivity contribution in [2.75, 3.05) is 33.5 Å². The van der Waals surface area contributed by atoms with Crippen LogP contribution in [-0.2, 0) is 4.74 Å². The molecule has 0 N–H and O–H groups in total. The minimum absolute atomic E-state index is 0.597. The summed E-state index contributed by atoms with van der Waals surface area (Å²) in [5.74, 6) is 2.35. The van der Waals surface area contributed by atoms with Gasteiger partial charge in [-0.2, -0.15) is 0 Å². The quantitative estimate of drug-likeness (QED) is 0.715. The summed E-state index contributed by atoms with van der Waals surface area (Å²) in [5, 5.41) is 0. The van der Waals surface area contributed by atoms with Gasteiger partial charge in [0, 0.05) is 26.2 Å². The lowest BCUT2D eigenvalue weighted by Gasteiger charge is -2.18. The van der Waals surface area contributed by atoms with Crippen molar-refractivity contribution in [2.24, 2.45) is 0 Å². The summed E-state index contributed by atoms with van der Waals surface area (Å²) in [4.78, 5) is 0. The first kappa shape index (κ1) is 11.1. The summed E-state index contributed by atoms with van der Waals surface area (Å²) in [6.45, 7) is 2.57. The molecular weight excluding hydrogens is 208 g/mol. The van der Waals surface area contributed by atoms with Gasteiger partial charge in [-0.25, -0.2) is 0 Å². The SMILES string of the molecule is COCCCOc1ccc2c(c1)OCCO2. The Hall–Kier alpha value is -1.42. The lowest BCUT2D eigenvalue weighted by atomic mass is 10.3.